The number of hydrogen-bond donors (Lipinski definition) is 0. The third-order valence-electron chi connectivity index (χ3n) is 5.72. The zero-order valence-electron chi connectivity index (χ0n) is 17.9. The topological polar surface area (TPSA) is 120 Å². The molecule has 4 aromatic rings. The average molecular weight is 462 g/mol. The fourth-order valence-electron chi connectivity index (χ4n) is 3.97. The molecule has 34 heavy (non-hydrogen) atoms. The van der Waals surface area contributed by atoms with E-state index in [1.165, 1.54) is 28.9 Å². The Labute approximate surface area is 192 Å². The SMILES string of the molecule is O=C(c1ccn(-c2cccc([N+](=O)[O-])c2)n1)N1CCC[C@H](c2nc(-c3ccc(F)cc3)no2)C1. The summed E-state index contributed by atoms with van der Waals surface area (Å²) in [6.07, 6.45) is 3.15. The number of halogens is 1. The van der Waals surface area contributed by atoms with Crippen LogP contribution in [0.2, 0.25) is 0 Å². The third kappa shape index (κ3) is 4.27. The first-order chi connectivity index (χ1) is 16.5. The van der Waals surface area contributed by atoms with Crippen LogP contribution < -0.4 is 0 Å². The Kier molecular flexibility index (Phi) is 5.58. The van der Waals surface area contributed by atoms with Crippen LogP contribution in [0.5, 0.6) is 0 Å². The Balaban J connectivity index is 1.30. The first kappa shape index (κ1) is 21.4. The number of benzene rings is 2. The van der Waals surface area contributed by atoms with Gasteiger partial charge >= 0.3 is 0 Å². The van der Waals surface area contributed by atoms with Crippen LogP contribution in [-0.2, 0) is 0 Å². The van der Waals surface area contributed by atoms with E-state index in [0.29, 0.717) is 36.1 Å². The average Bonchev–Trinajstić information content (AvgIpc) is 3.55. The number of hydrogen-bond acceptors (Lipinski definition) is 7. The van der Waals surface area contributed by atoms with Gasteiger partial charge in [0, 0.05) is 37.0 Å². The normalized spacial score (nSPS) is 15.9. The van der Waals surface area contributed by atoms with Crippen LogP contribution in [0, 0.1) is 15.9 Å². The van der Waals surface area contributed by atoms with Crippen LogP contribution >= 0.6 is 0 Å². The maximum Gasteiger partial charge on any atom is 0.274 e. The van der Waals surface area contributed by atoms with Crippen molar-refractivity contribution in [3.05, 3.63) is 88.3 Å². The number of likely N-dealkylation sites (tertiary alicyclic amines) is 1. The molecule has 2 aromatic carbocycles. The summed E-state index contributed by atoms with van der Waals surface area (Å²) < 4.78 is 20.1. The van der Waals surface area contributed by atoms with Gasteiger partial charge in [-0.3, -0.25) is 14.9 Å². The van der Waals surface area contributed by atoms with Gasteiger partial charge < -0.3 is 9.42 Å². The molecule has 1 fully saturated rings. The molecule has 10 nitrogen and oxygen atoms in total. The summed E-state index contributed by atoms with van der Waals surface area (Å²) in [6.45, 7) is 0.964. The lowest BCUT2D eigenvalue weighted by Gasteiger charge is -2.30. The molecular formula is C23H19FN6O4. The van der Waals surface area contributed by atoms with Crippen LogP contribution in [0.4, 0.5) is 10.1 Å². The van der Waals surface area contributed by atoms with Gasteiger partial charge in [0.1, 0.15) is 5.82 Å². The number of amides is 1. The molecule has 0 radical (unpaired) electrons. The van der Waals surface area contributed by atoms with E-state index in [1.807, 2.05) is 0 Å². The van der Waals surface area contributed by atoms with Crippen molar-refractivity contribution in [3.63, 3.8) is 0 Å². The van der Waals surface area contributed by atoms with E-state index in [1.54, 1.807) is 41.4 Å². The summed E-state index contributed by atoms with van der Waals surface area (Å²) in [5.41, 5.74) is 1.32. The molecule has 3 heterocycles. The minimum Gasteiger partial charge on any atom is -0.339 e. The van der Waals surface area contributed by atoms with E-state index >= 15 is 0 Å². The molecule has 11 heteroatoms. The van der Waals surface area contributed by atoms with Crippen LogP contribution in [0.3, 0.4) is 0 Å². The third-order valence-corrected chi connectivity index (χ3v) is 5.72. The standard InChI is InChI=1S/C23H19FN6O4/c24-17-8-6-15(7-9-17)21-25-22(34-27-21)16-3-2-11-28(14-16)23(31)20-10-12-29(26-20)18-4-1-5-19(13-18)30(32)33/h1,4-10,12-13,16H,2-3,11,14H2/t16-/m0/s1. The van der Waals surface area contributed by atoms with E-state index in [9.17, 15) is 19.3 Å². The maximum absolute atomic E-state index is 13.2. The van der Waals surface area contributed by atoms with Crippen LogP contribution in [0.15, 0.2) is 65.3 Å². The van der Waals surface area contributed by atoms with Gasteiger partial charge in [-0.2, -0.15) is 10.1 Å². The molecule has 0 saturated carbocycles. The minimum absolute atomic E-state index is 0.0562. The number of non-ortho nitro benzene ring substituents is 1. The summed E-state index contributed by atoms with van der Waals surface area (Å²) in [5, 5.41) is 19.4. The van der Waals surface area contributed by atoms with E-state index in [2.05, 4.69) is 15.2 Å². The quantitative estimate of drug-likeness (QED) is 0.325. The summed E-state index contributed by atoms with van der Waals surface area (Å²) >= 11 is 0. The Morgan fingerprint density at radius 3 is 2.79 bits per heavy atom. The van der Waals surface area contributed by atoms with Gasteiger partial charge in [0.05, 0.1) is 16.5 Å². The highest BCUT2D eigenvalue weighted by atomic mass is 19.1. The Morgan fingerprint density at radius 2 is 2.00 bits per heavy atom. The van der Waals surface area contributed by atoms with Gasteiger partial charge in [-0.05, 0) is 49.2 Å². The number of aromatic nitrogens is 4. The molecule has 0 N–H and O–H groups in total. The fourth-order valence-corrected chi connectivity index (χ4v) is 3.97. The predicted molar refractivity (Wildman–Crippen MR) is 118 cm³/mol. The summed E-state index contributed by atoms with van der Waals surface area (Å²) in [4.78, 5) is 29.8. The van der Waals surface area contributed by atoms with E-state index in [4.69, 9.17) is 4.52 Å². The molecule has 5 rings (SSSR count). The molecule has 0 unspecified atom stereocenters. The molecule has 1 aliphatic heterocycles. The van der Waals surface area contributed by atoms with Crippen molar-refractivity contribution in [1.82, 2.24) is 24.8 Å². The molecule has 1 atom stereocenters. The van der Waals surface area contributed by atoms with E-state index in [-0.39, 0.29) is 29.0 Å². The summed E-state index contributed by atoms with van der Waals surface area (Å²) in [7, 11) is 0. The number of rotatable bonds is 5. The number of nitro groups is 1. The number of nitrogens with zero attached hydrogens (tertiary/aromatic N) is 6. The molecule has 1 aliphatic rings. The predicted octanol–water partition coefficient (Wildman–Crippen LogP) is 3.99. The van der Waals surface area contributed by atoms with Crippen molar-refractivity contribution in [2.45, 2.75) is 18.8 Å². The lowest BCUT2D eigenvalue weighted by Crippen LogP contribution is -2.39. The second kappa shape index (κ2) is 8.85. The number of carbonyl (C=O) groups is 1. The van der Waals surface area contributed by atoms with E-state index < -0.39 is 4.92 Å². The molecular weight excluding hydrogens is 443 g/mol. The Hall–Kier alpha value is -4.41. The Morgan fingerprint density at radius 1 is 1.18 bits per heavy atom. The largest absolute Gasteiger partial charge is 0.339 e. The second-order valence-corrected chi connectivity index (χ2v) is 7.98. The molecule has 172 valence electrons. The van der Waals surface area contributed by atoms with Crippen LogP contribution in [-0.4, -0.2) is 48.7 Å². The summed E-state index contributed by atoms with van der Waals surface area (Å²) in [6, 6.07) is 13.5. The molecule has 0 spiro atoms. The second-order valence-electron chi connectivity index (χ2n) is 7.98. The first-order valence-electron chi connectivity index (χ1n) is 10.7. The van der Waals surface area contributed by atoms with Gasteiger partial charge in [0.15, 0.2) is 5.69 Å². The zero-order chi connectivity index (χ0) is 23.7. The molecule has 0 aliphatic carbocycles. The van der Waals surface area contributed by atoms with Crippen molar-refractivity contribution >= 4 is 11.6 Å². The van der Waals surface area contributed by atoms with Gasteiger partial charge in [0.2, 0.25) is 11.7 Å². The van der Waals surface area contributed by atoms with Crippen LogP contribution in [0.25, 0.3) is 17.1 Å². The zero-order valence-corrected chi connectivity index (χ0v) is 17.9. The fraction of sp³-hybridized carbons (Fsp3) is 0.217. The number of nitro benzene ring substituents is 1. The highest BCUT2D eigenvalue weighted by Crippen LogP contribution is 2.28. The minimum atomic E-state index is -0.480. The van der Waals surface area contributed by atoms with Crippen molar-refractivity contribution in [1.29, 1.82) is 0 Å². The van der Waals surface area contributed by atoms with Gasteiger partial charge in [-0.1, -0.05) is 11.2 Å². The van der Waals surface area contributed by atoms with Gasteiger partial charge in [-0.25, -0.2) is 9.07 Å². The van der Waals surface area contributed by atoms with Gasteiger partial charge in [0.25, 0.3) is 11.6 Å². The maximum atomic E-state index is 13.2. The molecule has 0 bridgehead atoms. The first-order valence-corrected chi connectivity index (χ1v) is 10.7. The molecule has 1 saturated heterocycles. The van der Waals surface area contributed by atoms with Crippen molar-refractivity contribution in [2.75, 3.05) is 13.1 Å². The number of piperidine rings is 1. The van der Waals surface area contributed by atoms with Crippen LogP contribution in [0.1, 0.15) is 35.1 Å². The lowest BCUT2D eigenvalue weighted by molar-refractivity contribution is -0.384. The molecule has 1 amide bonds. The van der Waals surface area contributed by atoms with Gasteiger partial charge in [-0.15, -0.1) is 0 Å². The monoisotopic (exact) mass is 462 g/mol. The van der Waals surface area contributed by atoms with E-state index in [0.717, 1.165) is 12.8 Å². The summed E-state index contributed by atoms with van der Waals surface area (Å²) in [5.74, 6) is 0.0836. The number of carbonyl (C=O) groups excluding carboxylic acids is 1. The lowest BCUT2D eigenvalue weighted by atomic mass is 9.97. The highest BCUT2D eigenvalue weighted by molar-refractivity contribution is 5.92. The van der Waals surface area contributed by atoms with Crippen molar-refractivity contribution in [3.8, 4) is 17.1 Å². The Bertz CT molecular complexity index is 1350. The van der Waals surface area contributed by atoms with Crippen molar-refractivity contribution < 1.29 is 18.6 Å². The smallest absolute Gasteiger partial charge is 0.274 e. The highest BCUT2D eigenvalue weighted by Gasteiger charge is 2.30. The molecule has 2 aromatic heterocycles. The van der Waals surface area contributed by atoms with Crippen molar-refractivity contribution in [2.24, 2.45) is 0 Å².